The summed E-state index contributed by atoms with van der Waals surface area (Å²) in [6, 6.07) is 5.06. The van der Waals surface area contributed by atoms with E-state index in [1.54, 1.807) is 18.2 Å². The topological polar surface area (TPSA) is 66.4 Å². The fraction of sp³-hybridized carbons (Fsp3) is 0.429. The molecule has 2 atom stereocenters. The fourth-order valence-electron chi connectivity index (χ4n) is 2.56. The van der Waals surface area contributed by atoms with Crippen LogP contribution in [0.1, 0.15) is 25.7 Å². The number of carbonyl (C=O) groups excluding carboxylic acids is 1. The van der Waals surface area contributed by atoms with Gasteiger partial charge in [-0.05, 0) is 47.0 Å². The molecule has 2 N–H and O–H groups in total. The summed E-state index contributed by atoms with van der Waals surface area (Å²) in [5.74, 6) is -2.18. The van der Waals surface area contributed by atoms with Crippen LogP contribution in [0.3, 0.4) is 0 Å². The zero-order chi connectivity index (χ0) is 14.7. The smallest absolute Gasteiger partial charge is 0.307 e. The number of carboxylic acids is 1. The van der Waals surface area contributed by atoms with Crippen molar-refractivity contribution < 1.29 is 14.7 Å². The van der Waals surface area contributed by atoms with Crippen LogP contribution in [0.25, 0.3) is 0 Å². The molecule has 108 valence electrons. The molecule has 4 nitrogen and oxygen atoms in total. The third-order valence-corrected chi connectivity index (χ3v) is 4.50. The van der Waals surface area contributed by atoms with Gasteiger partial charge in [-0.1, -0.05) is 24.4 Å². The van der Waals surface area contributed by atoms with E-state index >= 15 is 0 Å². The molecule has 0 saturated heterocycles. The van der Waals surface area contributed by atoms with E-state index in [1.165, 1.54) is 0 Å². The average Bonchev–Trinajstić information content (AvgIpc) is 2.41. The monoisotopic (exact) mass is 359 g/mol. The lowest BCUT2D eigenvalue weighted by molar-refractivity contribution is -0.147. The summed E-state index contributed by atoms with van der Waals surface area (Å²) in [7, 11) is 0. The van der Waals surface area contributed by atoms with Crippen molar-refractivity contribution in [3.05, 3.63) is 27.7 Å². The van der Waals surface area contributed by atoms with Gasteiger partial charge in [-0.2, -0.15) is 0 Å². The van der Waals surface area contributed by atoms with E-state index in [2.05, 4.69) is 21.2 Å². The number of hydrogen-bond acceptors (Lipinski definition) is 2. The van der Waals surface area contributed by atoms with Crippen LogP contribution < -0.4 is 5.32 Å². The Morgan fingerprint density at radius 2 is 1.90 bits per heavy atom. The van der Waals surface area contributed by atoms with Crippen molar-refractivity contribution in [2.45, 2.75) is 25.7 Å². The van der Waals surface area contributed by atoms with Crippen molar-refractivity contribution in [3.63, 3.8) is 0 Å². The van der Waals surface area contributed by atoms with Crippen molar-refractivity contribution in [2.75, 3.05) is 5.32 Å². The fourth-order valence-corrected chi connectivity index (χ4v) is 3.34. The first-order chi connectivity index (χ1) is 9.49. The minimum Gasteiger partial charge on any atom is -0.481 e. The summed E-state index contributed by atoms with van der Waals surface area (Å²) < 4.78 is 0.682. The van der Waals surface area contributed by atoms with E-state index in [0.29, 0.717) is 28.0 Å². The molecule has 0 spiro atoms. The first-order valence-corrected chi connectivity index (χ1v) is 7.65. The number of aliphatic carboxylic acids is 1. The van der Waals surface area contributed by atoms with E-state index in [4.69, 9.17) is 11.6 Å². The molecule has 0 heterocycles. The van der Waals surface area contributed by atoms with Gasteiger partial charge in [0.15, 0.2) is 0 Å². The lowest BCUT2D eigenvalue weighted by Crippen LogP contribution is -2.36. The third kappa shape index (κ3) is 3.52. The number of hydrogen-bond donors (Lipinski definition) is 2. The molecule has 1 aromatic carbocycles. The number of anilines is 1. The SMILES string of the molecule is O=C(O)[C@H]1CCCC[C@H]1C(=O)Nc1ccc(Cl)cc1Br. The highest BCUT2D eigenvalue weighted by Gasteiger charge is 2.35. The zero-order valence-electron chi connectivity index (χ0n) is 10.7. The molecular formula is C14H15BrClNO3. The van der Waals surface area contributed by atoms with Crippen molar-refractivity contribution in [1.29, 1.82) is 0 Å². The summed E-state index contributed by atoms with van der Waals surface area (Å²) in [6.07, 6.45) is 2.94. The average molecular weight is 361 g/mol. The second-order valence-corrected chi connectivity index (χ2v) is 6.24. The Bertz CT molecular complexity index is 535. The molecule has 20 heavy (non-hydrogen) atoms. The minimum atomic E-state index is -0.889. The van der Waals surface area contributed by atoms with Crippen LogP contribution in [0.4, 0.5) is 5.69 Å². The second kappa shape index (κ2) is 6.59. The molecule has 0 radical (unpaired) electrons. The van der Waals surface area contributed by atoms with Crippen LogP contribution in [0, 0.1) is 11.8 Å². The second-order valence-electron chi connectivity index (χ2n) is 4.95. The predicted molar refractivity (Wildman–Crippen MR) is 80.9 cm³/mol. The van der Waals surface area contributed by atoms with Gasteiger partial charge in [0.05, 0.1) is 17.5 Å². The van der Waals surface area contributed by atoms with Crippen molar-refractivity contribution >= 4 is 45.1 Å². The molecule has 1 aromatic rings. The summed E-state index contributed by atoms with van der Waals surface area (Å²) in [6.45, 7) is 0. The number of nitrogens with one attached hydrogen (secondary N) is 1. The standard InChI is InChI=1S/C14H15BrClNO3/c15-11-7-8(16)5-6-12(11)17-13(18)9-3-1-2-4-10(9)14(19)20/h5-7,9-10H,1-4H2,(H,17,18)(H,19,20)/t9-,10+/m1/s1. The Morgan fingerprint density at radius 3 is 2.50 bits per heavy atom. The Kier molecular flexibility index (Phi) is 5.05. The number of carbonyl (C=O) groups is 2. The number of amides is 1. The summed E-state index contributed by atoms with van der Waals surface area (Å²) >= 11 is 9.17. The third-order valence-electron chi connectivity index (χ3n) is 3.61. The van der Waals surface area contributed by atoms with Gasteiger partial charge in [-0.25, -0.2) is 0 Å². The molecule has 0 bridgehead atoms. The van der Waals surface area contributed by atoms with Gasteiger partial charge in [0.25, 0.3) is 0 Å². The number of rotatable bonds is 3. The molecule has 1 aliphatic carbocycles. The van der Waals surface area contributed by atoms with Crippen LogP contribution in [0.2, 0.25) is 5.02 Å². The highest BCUT2D eigenvalue weighted by atomic mass is 79.9. The Morgan fingerprint density at radius 1 is 1.25 bits per heavy atom. The Balaban J connectivity index is 2.12. The molecule has 1 aliphatic rings. The van der Waals surface area contributed by atoms with Gasteiger partial charge in [-0.15, -0.1) is 0 Å². The lowest BCUT2D eigenvalue weighted by Gasteiger charge is -2.27. The predicted octanol–water partition coefficient (Wildman–Crippen LogP) is 3.93. The first kappa shape index (κ1) is 15.3. The van der Waals surface area contributed by atoms with E-state index in [0.717, 1.165) is 12.8 Å². The van der Waals surface area contributed by atoms with Gasteiger partial charge >= 0.3 is 5.97 Å². The summed E-state index contributed by atoms with van der Waals surface area (Å²) in [4.78, 5) is 23.5. The largest absolute Gasteiger partial charge is 0.481 e. The molecule has 0 unspecified atom stereocenters. The summed E-state index contributed by atoms with van der Waals surface area (Å²) in [5, 5.41) is 12.6. The van der Waals surface area contributed by atoms with Gasteiger partial charge in [-0.3, -0.25) is 9.59 Å². The molecule has 1 fully saturated rings. The van der Waals surface area contributed by atoms with Gasteiger partial charge in [0.2, 0.25) is 5.91 Å². The Hall–Kier alpha value is -1.07. The van der Waals surface area contributed by atoms with Gasteiger partial charge in [0, 0.05) is 9.50 Å². The minimum absolute atomic E-state index is 0.236. The maximum Gasteiger partial charge on any atom is 0.307 e. The molecular weight excluding hydrogens is 346 g/mol. The Labute approximate surface area is 130 Å². The zero-order valence-corrected chi connectivity index (χ0v) is 13.1. The van der Waals surface area contributed by atoms with Crippen molar-refractivity contribution in [1.82, 2.24) is 0 Å². The van der Waals surface area contributed by atoms with Crippen LogP contribution in [0.5, 0.6) is 0 Å². The van der Waals surface area contributed by atoms with E-state index in [1.807, 2.05) is 0 Å². The van der Waals surface area contributed by atoms with E-state index in [-0.39, 0.29) is 5.91 Å². The molecule has 0 aromatic heterocycles. The van der Waals surface area contributed by atoms with Crippen LogP contribution in [-0.4, -0.2) is 17.0 Å². The number of halogens is 2. The normalized spacial score (nSPS) is 22.3. The lowest BCUT2D eigenvalue weighted by atomic mass is 9.78. The molecule has 6 heteroatoms. The van der Waals surface area contributed by atoms with Crippen molar-refractivity contribution in [2.24, 2.45) is 11.8 Å². The maximum atomic E-state index is 12.3. The van der Waals surface area contributed by atoms with Gasteiger partial charge < -0.3 is 10.4 Å². The van der Waals surface area contributed by atoms with Gasteiger partial charge in [0.1, 0.15) is 0 Å². The molecule has 0 aliphatic heterocycles. The molecule has 1 saturated carbocycles. The number of carboxylic acid groups (broad SMARTS) is 1. The van der Waals surface area contributed by atoms with Crippen LogP contribution >= 0.6 is 27.5 Å². The quantitative estimate of drug-likeness (QED) is 0.858. The maximum absolute atomic E-state index is 12.3. The van der Waals surface area contributed by atoms with E-state index < -0.39 is 17.8 Å². The highest BCUT2D eigenvalue weighted by molar-refractivity contribution is 9.10. The van der Waals surface area contributed by atoms with Crippen molar-refractivity contribution in [3.8, 4) is 0 Å². The summed E-state index contributed by atoms with van der Waals surface area (Å²) in [5.41, 5.74) is 0.606. The highest BCUT2D eigenvalue weighted by Crippen LogP contribution is 2.32. The molecule has 2 rings (SSSR count). The number of benzene rings is 1. The van der Waals surface area contributed by atoms with E-state index in [9.17, 15) is 14.7 Å². The van der Waals surface area contributed by atoms with Crippen LogP contribution in [0.15, 0.2) is 22.7 Å². The first-order valence-electron chi connectivity index (χ1n) is 6.48. The van der Waals surface area contributed by atoms with Crippen LogP contribution in [-0.2, 0) is 9.59 Å². The molecule has 1 amide bonds.